The van der Waals surface area contributed by atoms with Crippen LogP contribution in [0.5, 0.6) is 23.0 Å². The third-order valence-corrected chi connectivity index (χ3v) is 8.53. The molecule has 4 aromatic rings. The van der Waals surface area contributed by atoms with Crippen LogP contribution in [0.3, 0.4) is 0 Å². The molecule has 48 heavy (non-hydrogen) atoms. The molecular weight excluding hydrogens is 624 g/mol. The van der Waals surface area contributed by atoms with Crippen molar-refractivity contribution in [2.24, 2.45) is 5.41 Å². The number of nitrogens with one attached hydrogen (secondary N) is 1. The minimum absolute atomic E-state index is 0.0431. The highest BCUT2D eigenvalue weighted by molar-refractivity contribution is 6.11. The van der Waals surface area contributed by atoms with E-state index in [4.69, 9.17) is 18.9 Å². The lowest BCUT2D eigenvalue weighted by Crippen LogP contribution is -2.50. The minimum atomic E-state index is -1.07. The fourth-order valence-corrected chi connectivity index (χ4v) is 5.65. The number of aromatic nitrogens is 1. The Hall–Kier alpha value is -4.94. The van der Waals surface area contributed by atoms with Crippen molar-refractivity contribution >= 4 is 28.4 Å². The molecule has 3 aromatic carbocycles. The van der Waals surface area contributed by atoms with Gasteiger partial charge in [-0.2, -0.15) is 0 Å². The molecule has 2 aliphatic rings. The number of nitrogens with zero attached hydrogens (tertiary/aromatic N) is 2. The molecule has 10 nitrogen and oxygen atoms in total. The van der Waals surface area contributed by atoms with E-state index in [1.807, 2.05) is 0 Å². The molecule has 6 rings (SSSR count). The van der Waals surface area contributed by atoms with E-state index in [9.17, 15) is 18.8 Å². The van der Waals surface area contributed by atoms with Gasteiger partial charge >= 0.3 is 0 Å². The van der Waals surface area contributed by atoms with Gasteiger partial charge in [0, 0.05) is 37.0 Å². The van der Waals surface area contributed by atoms with Gasteiger partial charge in [0.05, 0.1) is 37.8 Å². The van der Waals surface area contributed by atoms with Crippen LogP contribution in [0.4, 0.5) is 8.78 Å². The number of ether oxygens (including phenoxy) is 4. The van der Waals surface area contributed by atoms with Crippen molar-refractivity contribution in [3.8, 4) is 23.0 Å². The Labute approximate surface area is 275 Å². The van der Waals surface area contributed by atoms with Gasteiger partial charge in [0.15, 0.2) is 34.6 Å². The number of morpholine rings is 1. The van der Waals surface area contributed by atoms with Crippen LogP contribution >= 0.6 is 0 Å². The number of hydrazine groups is 1. The Bertz CT molecular complexity index is 1830. The monoisotopic (exact) mass is 659 g/mol. The second kappa shape index (κ2) is 14.4. The molecule has 1 saturated heterocycles. The Morgan fingerprint density at radius 2 is 1.69 bits per heavy atom. The highest BCUT2D eigenvalue weighted by Gasteiger charge is 2.54. The van der Waals surface area contributed by atoms with Gasteiger partial charge in [-0.1, -0.05) is 18.2 Å². The number of carbonyl (C=O) groups is 3. The molecule has 1 aliphatic heterocycles. The summed E-state index contributed by atoms with van der Waals surface area (Å²) < 4.78 is 51.1. The van der Waals surface area contributed by atoms with Crippen molar-refractivity contribution in [3.05, 3.63) is 89.6 Å². The van der Waals surface area contributed by atoms with Crippen molar-refractivity contribution in [3.63, 3.8) is 0 Å². The summed E-state index contributed by atoms with van der Waals surface area (Å²) in [5.41, 5.74) is 3.63. The van der Waals surface area contributed by atoms with E-state index in [1.165, 1.54) is 43.5 Å². The molecule has 1 N–H and O–H groups in total. The van der Waals surface area contributed by atoms with Gasteiger partial charge < -0.3 is 18.9 Å². The van der Waals surface area contributed by atoms with E-state index in [2.05, 4.69) is 10.4 Å². The molecule has 1 aromatic heterocycles. The van der Waals surface area contributed by atoms with Gasteiger partial charge in [-0.15, -0.1) is 0 Å². The zero-order chi connectivity index (χ0) is 33.7. The molecule has 1 saturated carbocycles. The van der Waals surface area contributed by atoms with Crippen LogP contribution in [0.25, 0.3) is 10.9 Å². The largest absolute Gasteiger partial charge is 0.493 e. The van der Waals surface area contributed by atoms with Crippen LogP contribution in [-0.2, 0) is 32.0 Å². The normalized spacial score (nSPS) is 15.3. The van der Waals surface area contributed by atoms with Gasteiger partial charge in [-0.05, 0) is 66.8 Å². The Morgan fingerprint density at radius 3 is 2.40 bits per heavy atom. The van der Waals surface area contributed by atoms with E-state index >= 15 is 4.39 Å². The molecule has 0 bridgehead atoms. The number of fused-ring (bicyclic) bond motifs is 1. The molecule has 1 aliphatic carbocycles. The van der Waals surface area contributed by atoms with Crippen LogP contribution in [0.1, 0.15) is 30.4 Å². The summed E-state index contributed by atoms with van der Waals surface area (Å²) in [7, 11) is 1.51. The number of halogens is 2. The Kier molecular flexibility index (Phi) is 9.93. The predicted molar refractivity (Wildman–Crippen MR) is 171 cm³/mol. The number of rotatable bonds is 15. The molecule has 2 fully saturated rings. The lowest BCUT2D eigenvalue weighted by Gasteiger charge is -2.27. The van der Waals surface area contributed by atoms with Crippen molar-refractivity contribution in [2.75, 3.05) is 40.0 Å². The fourth-order valence-electron chi connectivity index (χ4n) is 5.65. The van der Waals surface area contributed by atoms with Crippen LogP contribution in [-0.4, -0.2) is 67.5 Å². The molecule has 2 heterocycles. The second-order valence-corrected chi connectivity index (χ2v) is 11.8. The zero-order valence-electron chi connectivity index (χ0n) is 26.4. The summed E-state index contributed by atoms with van der Waals surface area (Å²) in [4.78, 5) is 42.5. The maximum Gasteiger partial charge on any atom is 0.262 e. The zero-order valence-corrected chi connectivity index (χ0v) is 26.4. The lowest BCUT2D eigenvalue weighted by molar-refractivity contribution is -0.146. The third kappa shape index (κ3) is 7.45. The number of amides is 1. The summed E-state index contributed by atoms with van der Waals surface area (Å²) >= 11 is 0. The Balaban J connectivity index is 1.08. The number of carbonyl (C=O) groups excluding carboxylic acids is 3. The molecule has 12 heteroatoms. The number of hydrogen-bond donors (Lipinski definition) is 1. The topological polar surface area (TPSA) is 116 Å². The maximum absolute atomic E-state index is 15.3. The molecule has 0 unspecified atom stereocenters. The smallest absolute Gasteiger partial charge is 0.262 e. The van der Waals surface area contributed by atoms with Gasteiger partial charge in [0.1, 0.15) is 18.2 Å². The molecular formula is C36H35F2N3O7. The molecule has 1 amide bonds. The summed E-state index contributed by atoms with van der Waals surface area (Å²) in [6, 6.07) is 15.0. The van der Waals surface area contributed by atoms with Crippen LogP contribution < -0.4 is 19.6 Å². The van der Waals surface area contributed by atoms with E-state index in [0.717, 1.165) is 0 Å². The number of hydrogen-bond acceptors (Lipinski definition) is 9. The number of methoxy groups -OCH3 is 1. The highest BCUT2D eigenvalue weighted by atomic mass is 19.1. The van der Waals surface area contributed by atoms with Gasteiger partial charge in [-0.3, -0.25) is 24.4 Å². The first-order valence-electron chi connectivity index (χ1n) is 15.7. The van der Waals surface area contributed by atoms with Crippen LogP contribution in [0, 0.1) is 17.0 Å². The number of Topliss-reactive ketones (excluding diaryl/α,β-unsaturated/α-hetero) is 2. The standard InChI is InChI=1S/C36H35F2N3O7/c1-45-31-20-26-28(21-32(31)47-15-2-12-40-41-14-16-46-22-35(41)44)39-13-9-29(26)48-30-8-5-24(17-27(30)38)19-34(43)36(10-11-36)33(42)18-23-3-6-25(37)7-4-23/h3-9,13,17,20-21,40H,2,10-12,14-16,18-19,22H2,1H3. The lowest BCUT2D eigenvalue weighted by atomic mass is 9.88. The molecule has 0 radical (unpaired) electrons. The summed E-state index contributed by atoms with van der Waals surface area (Å²) in [5.74, 6) is -0.405. The summed E-state index contributed by atoms with van der Waals surface area (Å²) in [6.45, 7) is 1.94. The van der Waals surface area contributed by atoms with E-state index in [0.29, 0.717) is 84.8 Å². The average Bonchev–Trinajstić information content (AvgIpc) is 3.90. The van der Waals surface area contributed by atoms with E-state index < -0.39 is 17.0 Å². The van der Waals surface area contributed by atoms with Gasteiger partial charge in [0.25, 0.3) is 5.91 Å². The molecule has 250 valence electrons. The second-order valence-electron chi connectivity index (χ2n) is 11.8. The first-order chi connectivity index (χ1) is 23.3. The fraction of sp³-hybridized carbons (Fsp3) is 0.333. The third-order valence-electron chi connectivity index (χ3n) is 8.53. The van der Waals surface area contributed by atoms with Gasteiger partial charge in [0.2, 0.25) is 0 Å². The Morgan fingerprint density at radius 1 is 0.938 bits per heavy atom. The molecule has 0 spiro atoms. The number of ketones is 2. The summed E-state index contributed by atoms with van der Waals surface area (Å²) in [6.07, 6.45) is 3.02. The van der Waals surface area contributed by atoms with Crippen molar-refractivity contribution in [2.45, 2.75) is 32.1 Å². The summed E-state index contributed by atoms with van der Waals surface area (Å²) in [5, 5.41) is 2.12. The number of benzene rings is 3. The van der Waals surface area contributed by atoms with E-state index in [1.54, 1.807) is 35.5 Å². The minimum Gasteiger partial charge on any atom is -0.493 e. The van der Waals surface area contributed by atoms with E-state index in [-0.39, 0.29) is 42.7 Å². The maximum atomic E-state index is 15.3. The predicted octanol–water partition coefficient (Wildman–Crippen LogP) is 5.15. The number of pyridine rings is 1. The SMILES string of the molecule is COc1cc2c(Oc3ccc(CC(=O)C4(C(=O)Cc5ccc(F)cc5)CC4)cc3F)ccnc2cc1OCCCNN1CCOCC1=O. The van der Waals surface area contributed by atoms with Crippen LogP contribution in [0.2, 0.25) is 0 Å². The average molecular weight is 660 g/mol. The van der Waals surface area contributed by atoms with Gasteiger partial charge in [-0.25, -0.2) is 14.2 Å². The first kappa shape index (κ1) is 33.0. The van der Waals surface area contributed by atoms with Crippen LogP contribution in [0.15, 0.2) is 66.9 Å². The quantitative estimate of drug-likeness (QED) is 0.137. The highest BCUT2D eigenvalue weighted by Crippen LogP contribution is 2.49. The van der Waals surface area contributed by atoms with Crippen molar-refractivity contribution in [1.29, 1.82) is 0 Å². The first-order valence-corrected chi connectivity index (χ1v) is 15.7. The molecule has 0 atom stereocenters. The van der Waals surface area contributed by atoms with Crippen molar-refractivity contribution in [1.82, 2.24) is 15.4 Å². The van der Waals surface area contributed by atoms with Crippen molar-refractivity contribution < 1.29 is 42.1 Å².